The van der Waals surface area contributed by atoms with Gasteiger partial charge in [0.1, 0.15) is 11.9 Å². The lowest BCUT2D eigenvalue weighted by molar-refractivity contribution is -0.136. The van der Waals surface area contributed by atoms with Crippen molar-refractivity contribution in [2.24, 2.45) is 5.90 Å². The number of ether oxygens (including phenoxy) is 2. The maximum atomic E-state index is 12.7. The molecule has 1 heterocycles. The molecule has 8 nitrogen and oxygen atoms in total. The molecule has 0 bridgehead atoms. The number of carbonyl (C=O) groups is 1. The van der Waals surface area contributed by atoms with Crippen molar-refractivity contribution in [2.75, 3.05) is 13.2 Å². The third-order valence-electron chi connectivity index (χ3n) is 4.59. The minimum Gasteiger partial charge on any atom is -0.490 e. The van der Waals surface area contributed by atoms with Crippen LogP contribution in [0.5, 0.6) is 5.75 Å². The Labute approximate surface area is 166 Å². The average Bonchev–Trinajstić information content (AvgIpc) is 2.70. The van der Waals surface area contributed by atoms with Crippen LogP contribution in [0.25, 0.3) is 0 Å². The number of nitrogens with two attached hydrogens (primary N) is 1. The number of sulfone groups is 1. The van der Waals surface area contributed by atoms with Gasteiger partial charge in [-0.1, -0.05) is 32.6 Å². The lowest BCUT2D eigenvalue weighted by atomic mass is 10.1. The number of aliphatic carboxylic acids is 1. The highest BCUT2D eigenvalue weighted by Gasteiger charge is 2.33. The van der Waals surface area contributed by atoms with E-state index in [4.69, 9.17) is 14.7 Å². The molecule has 4 N–H and O–H groups in total. The zero-order valence-electron chi connectivity index (χ0n) is 16.2. The van der Waals surface area contributed by atoms with Crippen molar-refractivity contribution in [3.8, 4) is 5.75 Å². The summed E-state index contributed by atoms with van der Waals surface area (Å²) in [6.45, 7) is 3.38. The zero-order chi connectivity index (χ0) is 21.0. The summed E-state index contributed by atoms with van der Waals surface area (Å²) in [4.78, 5) is 11.5. The van der Waals surface area contributed by atoms with Gasteiger partial charge in [-0.15, -0.1) is 0 Å². The quantitative estimate of drug-likeness (QED) is 0.390. The fourth-order valence-electron chi connectivity index (χ4n) is 3.03. The maximum Gasteiger partial charge on any atom is 0.322 e. The van der Waals surface area contributed by atoms with Gasteiger partial charge in [0, 0.05) is 12.8 Å². The molecule has 1 unspecified atom stereocenters. The Hall–Kier alpha value is -1.68. The molecular weight excluding hydrogens is 386 g/mol. The molecule has 1 fully saturated rings. The molecule has 0 saturated carbocycles. The molecule has 160 valence electrons. The van der Waals surface area contributed by atoms with Gasteiger partial charge < -0.3 is 19.8 Å². The smallest absolute Gasteiger partial charge is 0.322 e. The molecule has 2 rings (SSSR count). The molecular formula is C19H31NO7S. The van der Waals surface area contributed by atoms with Crippen molar-refractivity contribution in [3.05, 3.63) is 24.3 Å². The van der Waals surface area contributed by atoms with Crippen LogP contribution in [0.2, 0.25) is 0 Å². The summed E-state index contributed by atoms with van der Waals surface area (Å²) < 4.78 is 36.5. The highest BCUT2D eigenvalue weighted by Crippen LogP contribution is 2.25. The molecule has 0 aromatic heterocycles. The van der Waals surface area contributed by atoms with E-state index in [-0.39, 0.29) is 17.4 Å². The summed E-state index contributed by atoms with van der Waals surface area (Å²) in [5.74, 6) is 2.80. The van der Waals surface area contributed by atoms with Gasteiger partial charge in [-0.2, -0.15) is 0 Å². The predicted molar refractivity (Wildman–Crippen MR) is 104 cm³/mol. The summed E-state index contributed by atoms with van der Waals surface area (Å²) in [5, 5.41) is 14.5. The third kappa shape index (κ3) is 7.38. The van der Waals surface area contributed by atoms with E-state index in [1.54, 1.807) is 12.1 Å². The first-order chi connectivity index (χ1) is 13.4. The molecule has 1 aliphatic rings. The second-order valence-electron chi connectivity index (χ2n) is 6.62. The first kappa shape index (κ1) is 24.4. The van der Waals surface area contributed by atoms with Crippen molar-refractivity contribution in [1.82, 2.24) is 0 Å². The first-order valence-corrected chi connectivity index (χ1v) is 11.1. The van der Waals surface area contributed by atoms with E-state index in [1.807, 2.05) is 0 Å². The highest BCUT2D eigenvalue weighted by atomic mass is 32.2. The Morgan fingerprint density at radius 3 is 2.32 bits per heavy atom. The molecule has 1 aromatic rings. The molecule has 0 radical (unpaired) electrons. The van der Waals surface area contributed by atoms with E-state index < -0.39 is 21.1 Å². The Balaban J connectivity index is 0.00000190. The van der Waals surface area contributed by atoms with E-state index in [9.17, 15) is 18.3 Å². The van der Waals surface area contributed by atoms with Gasteiger partial charge in [-0.3, -0.25) is 4.79 Å². The van der Waals surface area contributed by atoms with Crippen LogP contribution in [-0.2, 0) is 19.4 Å². The normalized spacial score (nSPS) is 16.0. The van der Waals surface area contributed by atoms with Crippen molar-refractivity contribution in [3.63, 3.8) is 0 Å². The highest BCUT2D eigenvalue weighted by molar-refractivity contribution is 7.92. The van der Waals surface area contributed by atoms with Crippen LogP contribution in [0, 0.1) is 0 Å². The second-order valence-corrected chi connectivity index (χ2v) is 8.75. The number of benzene rings is 1. The molecule has 1 aliphatic heterocycles. The van der Waals surface area contributed by atoms with Crippen LogP contribution in [0.15, 0.2) is 29.2 Å². The van der Waals surface area contributed by atoms with Crippen molar-refractivity contribution >= 4 is 15.8 Å². The summed E-state index contributed by atoms with van der Waals surface area (Å²) in [7, 11) is -3.91. The molecule has 0 amide bonds. The third-order valence-corrected chi connectivity index (χ3v) is 6.71. The Morgan fingerprint density at radius 2 is 1.79 bits per heavy atom. The van der Waals surface area contributed by atoms with Gasteiger partial charge in [0.15, 0.2) is 15.1 Å². The standard InChI is InChI=1S/C19H28O6S.H3NO/c1-2-3-4-5-6-18(19(20)21)26(22,23)17-9-7-15(8-10-17)25-16-11-13-24-14-12-16;1-2/h7-10,16,18H,2-6,11-14H2,1H3,(H,20,21);2H,1H2. The molecule has 1 saturated heterocycles. The number of unbranched alkanes of at least 4 members (excludes halogenated alkanes) is 3. The van der Waals surface area contributed by atoms with E-state index in [1.165, 1.54) is 12.1 Å². The minimum atomic E-state index is -3.91. The van der Waals surface area contributed by atoms with Crippen LogP contribution in [-0.4, -0.2) is 49.3 Å². The molecule has 1 atom stereocenters. The lowest BCUT2D eigenvalue weighted by Crippen LogP contribution is -2.30. The summed E-state index contributed by atoms with van der Waals surface area (Å²) in [5.41, 5.74) is 0. The van der Waals surface area contributed by atoms with Crippen LogP contribution >= 0.6 is 0 Å². The van der Waals surface area contributed by atoms with Gasteiger partial charge in [0.05, 0.1) is 18.1 Å². The zero-order valence-corrected chi connectivity index (χ0v) is 17.1. The average molecular weight is 418 g/mol. The van der Waals surface area contributed by atoms with Crippen LogP contribution < -0.4 is 10.6 Å². The number of hydrogen-bond donors (Lipinski definition) is 3. The van der Waals surface area contributed by atoms with Crippen molar-refractivity contribution in [1.29, 1.82) is 0 Å². The fourth-order valence-corrected chi connectivity index (χ4v) is 4.61. The van der Waals surface area contributed by atoms with Gasteiger partial charge in [-0.25, -0.2) is 14.3 Å². The molecule has 28 heavy (non-hydrogen) atoms. The number of carboxylic acids is 1. The van der Waals surface area contributed by atoms with Gasteiger partial charge in [0.2, 0.25) is 0 Å². The maximum absolute atomic E-state index is 12.7. The SMILES string of the molecule is CCCCCCC(C(=O)O)S(=O)(=O)c1ccc(OC2CCOCC2)cc1.NO. The molecule has 1 aromatic carbocycles. The fraction of sp³-hybridized carbons (Fsp3) is 0.632. The van der Waals surface area contributed by atoms with E-state index in [2.05, 4.69) is 12.8 Å². The van der Waals surface area contributed by atoms with Gasteiger partial charge in [0.25, 0.3) is 0 Å². The topological polar surface area (TPSA) is 136 Å². The van der Waals surface area contributed by atoms with E-state index in [0.29, 0.717) is 25.4 Å². The summed E-state index contributed by atoms with van der Waals surface area (Å²) in [6, 6.07) is 6.06. The van der Waals surface area contributed by atoms with Crippen LogP contribution in [0.1, 0.15) is 51.9 Å². The number of hydrogen-bond acceptors (Lipinski definition) is 7. The molecule has 9 heteroatoms. The Kier molecular flexibility index (Phi) is 11.1. The number of carboxylic acid groups (broad SMARTS) is 1. The second kappa shape index (κ2) is 12.7. The molecule has 0 aliphatic carbocycles. The minimum absolute atomic E-state index is 0.0275. The van der Waals surface area contributed by atoms with E-state index in [0.717, 1.165) is 32.1 Å². The number of rotatable bonds is 10. The van der Waals surface area contributed by atoms with E-state index >= 15 is 0 Å². The van der Waals surface area contributed by atoms with Gasteiger partial charge >= 0.3 is 5.97 Å². The lowest BCUT2D eigenvalue weighted by Gasteiger charge is -2.23. The Bertz CT molecular complexity index is 670. The van der Waals surface area contributed by atoms with Crippen LogP contribution in [0.3, 0.4) is 0 Å². The monoisotopic (exact) mass is 417 g/mol. The predicted octanol–water partition coefficient (Wildman–Crippen LogP) is 2.78. The molecule has 0 spiro atoms. The van der Waals surface area contributed by atoms with Crippen molar-refractivity contribution in [2.45, 2.75) is 68.1 Å². The Morgan fingerprint density at radius 1 is 1.18 bits per heavy atom. The summed E-state index contributed by atoms with van der Waals surface area (Å²) in [6.07, 6.45) is 5.24. The largest absolute Gasteiger partial charge is 0.490 e. The van der Waals surface area contributed by atoms with Gasteiger partial charge in [-0.05, 0) is 30.7 Å². The first-order valence-electron chi connectivity index (χ1n) is 9.52. The summed E-state index contributed by atoms with van der Waals surface area (Å²) >= 11 is 0. The van der Waals surface area contributed by atoms with Crippen molar-refractivity contribution < 1.29 is 33.0 Å². The van der Waals surface area contributed by atoms with Crippen LogP contribution in [0.4, 0.5) is 0 Å².